The summed E-state index contributed by atoms with van der Waals surface area (Å²) in [4.78, 5) is 57.7. The number of alkyl halides is 3. The molecule has 0 bridgehead atoms. The van der Waals surface area contributed by atoms with E-state index in [2.05, 4.69) is 59.3 Å². The number of carbonyl (C=O) groups excluding carboxylic acids is 3. The Morgan fingerprint density at radius 3 is 2.16 bits per heavy atom. The van der Waals surface area contributed by atoms with Crippen LogP contribution >= 0.6 is 11.6 Å². The first-order valence-electron chi connectivity index (χ1n) is 21.3. The molecule has 17 heteroatoms. The minimum atomic E-state index is -4.89. The summed E-state index contributed by atoms with van der Waals surface area (Å²) in [5.74, 6) is -0.480. The topological polar surface area (TPSA) is 153 Å². The van der Waals surface area contributed by atoms with Crippen molar-refractivity contribution in [2.45, 2.75) is 77.7 Å². The fourth-order valence-electron chi connectivity index (χ4n) is 10.3. The molecule has 63 heavy (non-hydrogen) atoms. The number of piperazine rings is 1. The van der Waals surface area contributed by atoms with Crippen LogP contribution in [0.5, 0.6) is 5.75 Å². The van der Waals surface area contributed by atoms with E-state index in [4.69, 9.17) is 16.3 Å². The lowest BCUT2D eigenvalue weighted by atomic mass is 9.49. The Morgan fingerprint density at radius 1 is 0.889 bits per heavy atom. The van der Waals surface area contributed by atoms with Crippen LogP contribution in [-0.2, 0) is 15.8 Å². The second-order valence-corrected chi connectivity index (χ2v) is 18.8. The quantitative estimate of drug-likeness (QED) is 0.177. The average molecular weight is 887 g/mol. The number of nitrogens with one attached hydrogen (secondary N) is 2. The Morgan fingerprint density at radius 2 is 1.54 bits per heavy atom. The van der Waals surface area contributed by atoms with E-state index in [9.17, 15) is 37.6 Å². The highest BCUT2D eigenvalue weighted by Gasteiger charge is 2.64. The third-order valence-electron chi connectivity index (χ3n) is 13.5. The van der Waals surface area contributed by atoms with Gasteiger partial charge in [-0.25, -0.2) is 4.68 Å². The van der Waals surface area contributed by atoms with Crippen LogP contribution < -0.4 is 30.7 Å². The molecule has 4 heterocycles. The van der Waals surface area contributed by atoms with Crippen LogP contribution in [0.2, 0.25) is 5.02 Å². The number of ether oxygens (including phenoxy) is 1. The Balaban J connectivity index is 0.823. The van der Waals surface area contributed by atoms with Crippen LogP contribution in [0.3, 0.4) is 0 Å². The van der Waals surface area contributed by atoms with Crippen molar-refractivity contribution < 1.29 is 32.3 Å². The summed E-state index contributed by atoms with van der Waals surface area (Å²) >= 11 is 6.25. The summed E-state index contributed by atoms with van der Waals surface area (Å²) in [6.07, 6.45) is -3.31. The Hall–Kier alpha value is -5.66. The van der Waals surface area contributed by atoms with Crippen molar-refractivity contribution in [3.05, 3.63) is 92.9 Å². The van der Waals surface area contributed by atoms with Gasteiger partial charge in [-0.05, 0) is 79.8 Å². The normalized spacial score (nSPS) is 22.9. The molecule has 4 aromatic rings. The van der Waals surface area contributed by atoms with Gasteiger partial charge in [-0.1, -0.05) is 39.3 Å². The summed E-state index contributed by atoms with van der Waals surface area (Å²) in [6, 6.07) is 17.7. The van der Waals surface area contributed by atoms with Crippen molar-refractivity contribution in [1.82, 2.24) is 25.3 Å². The maximum absolute atomic E-state index is 14.4. The SMILES string of the molecule is CC1(C)C(NC(=O)c2ccc(N3CCC(CN4CCN(c5ccc6c(=O)n([C@H]7CCC(=O)NC7=O)nc(C(F)(F)F)c6c5)CC4)CC3)cc2)C(C)(C)C1Oc1ccc(C#N)c(Cl)c1. The lowest BCUT2D eigenvalue weighted by Gasteiger charge is -2.63. The highest BCUT2D eigenvalue weighted by Crippen LogP contribution is 2.55. The number of amides is 3. The van der Waals surface area contributed by atoms with Gasteiger partial charge in [0.1, 0.15) is 24.0 Å². The molecule has 1 saturated carbocycles. The summed E-state index contributed by atoms with van der Waals surface area (Å²) in [5, 5.41) is 18.0. The van der Waals surface area contributed by atoms with Crippen LogP contribution in [0, 0.1) is 28.1 Å². The largest absolute Gasteiger partial charge is 0.489 e. The third kappa shape index (κ3) is 8.57. The van der Waals surface area contributed by atoms with Crippen LogP contribution in [0.15, 0.2) is 65.5 Å². The monoisotopic (exact) mass is 886 g/mol. The van der Waals surface area contributed by atoms with E-state index in [-0.39, 0.29) is 52.5 Å². The van der Waals surface area contributed by atoms with Gasteiger partial charge >= 0.3 is 6.18 Å². The first-order valence-corrected chi connectivity index (χ1v) is 21.7. The van der Waals surface area contributed by atoms with E-state index in [1.54, 1.807) is 24.3 Å². The summed E-state index contributed by atoms with van der Waals surface area (Å²) in [5.41, 5.74) is -0.241. The molecule has 4 fully saturated rings. The minimum Gasteiger partial charge on any atom is -0.489 e. The number of carbonyl (C=O) groups is 3. The van der Waals surface area contributed by atoms with Gasteiger partial charge in [0, 0.05) is 97.5 Å². The van der Waals surface area contributed by atoms with E-state index < -0.39 is 35.3 Å². The van der Waals surface area contributed by atoms with E-state index in [0.29, 0.717) is 51.3 Å². The molecule has 4 aliphatic rings. The summed E-state index contributed by atoms with van der Waals surface area (Å²) in [7, 11) is 0. The number of anilines is 2. The van der Waals surface area contributed by atoms with Crippen molar-refractivity contribution in [2.75, 3.05) is 55.6 Å². The van der Waals surface area contributed by atoms with Crippen LogP contribution in [0.25, 0.3) is 10.8 Å². The number of aromatic nitrogens is 2. The van der Waals surface area contributed by atoms with Gasteiger partial charge < -0.3 is 19.9 Å². The van der Waals surface area contributed by atoms with Crippen molar-refractivity contribution >= 4 is 51.5 Å². The molecule has 3 aliphatic heterocycles. The first-order chi connectivity index (χ1) is 29.8. The molecule has 8 rings (SSSR count). The van der Waals surface area contributed by atoms with Gasteiger partial charge in [0.25, 0.3) is 17.4 Å². The van der Waals surface area contributed by atoms with Gasteiger partial charge in [0.05, 0.1) is 16.0 Å². The Labute approximate surface area is 368 Å². The zero-order chi connectivity index (χ0) is 45.0. The van der Waals surface area contributed by atoms with Crippen LogP contribution in [0.4, 0.5) is 24.5 Å². The smallest absolute Gasteiger partial charge is 0.435 e. The summed E-state index contributed by atoms with van der Waals surface area (Å²) < 4.78 is 50.0. The second kappa shape index (κ2) is 16.8. The maximum atomic E-state index is 14.4. The number of benzene rings is 3. The van der Waals surface area contributed by atoms with Gasteiger partial charge in [-0.15, -0.1) is 0 Å². The Kier molecular flexibility index (Phi) is 11.7. The number of nitrogens with zero attached hydrogens (tertiary/aromatic N) is 6. The number of halogens is 4. The molecule has 0 radical (unpaired) electrons. The van der Waals surface area contributed by atoms with Crippen LogP contribution in [0.1, 0.15) is 81.0 Å². The molecule has 3 saturated heterocycles. The molecule has 2 N–H and O–H groups in total. The lowest BCUT2D eigenvalue weighted by molar-refractivity contribution is -0.164. The minimum absolute atomic E-state index is 0.106. The van der Waals surface area contributed by atoms with Gasteiger partial charge in [-0.2, -0.15) is 23.5 Å². The van der Waals surface area contributed by atoms with E-state index in [1.807, 2.05) is 29.2 Å². The van der Waals surface area contributed by atoms with Gasteiger partial charge in [0.2, 0.25) is 5.91 Å². The average Bonchev–Trinajstić information content (AvgIpc) is 3.25. The van der Waals surface area contributed by atoms with E-state index in [0.717, 1.165) is 51.3 Å². The lowest BCUT2D eigenvalue weighted by Crippen LogP contribution is -2.74. The van der Waals surface area contributed by atoms with Crippen molar-refractivity contribution in [3.63, 3.8) is 0 Å². The molecule has 13 nitrogen and oxygen atoms in total. The van der Waals surface area contributed by atoms with E-state index in [1.165, 1.54) is 12.1 Å². The number of hydrogen-bond donors (Lipinski definition) is 2. The van der Waals surface area contributed by atoms with Crippen molar-refractivity contribution in [3.8, 4) is 11.8 Å². The molecule has 1 aliphatic carbocycles. The number of rotatable bonds is 9. The van der Waals surface area contributed by atoms with Gasteiger partial charge in [0.15, 0.2) is 5.69 Å². The predicted molar refractivity (Wildman–Crippen MR) is 232 cm³/mol. The third-order valence-corrected chi connectivity index (χ3v) is 13.8. The highest BCUT2D eigenvalue weighted by molar-refractivity contribution is 6.31. The molecule has 3 amide bonds. The number of nitriles is 1. The van der Waals surface area contributed by atoms with Crippen LogP contribution in [-0.4, -0.2) is 90.4 Å². The number of imide groups is 1. The highest BCUT2D eigenvalue weighted by atomic mass is 35.5. The molecule has 1 aromatic heterocycles. The van der Waals surface area contributed by atoms with Crippen molar-refractivity contribution in [1.29, 1.82) is 5.26 Å². The zero-order valence-electron chi connectivity index (χ0n) is 35.6. The molecule has 0 unspecified atom stereocenters. The molecule has 3 aromatic carbocycles. The maximum Gasteiger partial charge on any atom is 0.435 e. The van der Waals surface area contributed by atoms with Crippen molar-refractivity contribution in [2.24, 2.45) is 16.7 Å². The molecular weight excluding hydrogens is 837 g/mol. The standard InChI is InChI=1S/C46H50ClF3N8O5/c1-44(2)42(45(3,4)43(44)63-32-11-7-29(25-51)35(47)24-32)53-39(60)28-5-8-30(9-6-28)56-17-15-27(16-18-56)26-55-19-21-57(22-20-55)31-10-12-33-34(23-31)38(46(48,49)50)54-58(41(33)62)36-13-14-37(59)52-40(36)61/h5-12,23-24,27,36,42-43H,13-22,26H2,1-4H3,(H,53,60)(H,52,59,61)/t36-,42?,43?/m0/s1. The summed E-state index contributed by atoms with van der Waals surface area (Å²) in [6.45, 7) is 13.6. The van der Waals surface area contributed by atoms with E-state index >= 15 is 0 Å². The molecule has 1 atom stereocenters. The second-order valence-electron chi connectivity index (χ2n) is 18.4. The zero-order valence-corrected chi connectivity index (χ0v) is 36.4. The molecule has 332 valence electrons. The predicted octanol–water partition coefficient (Wildman–Crippen LogP) is 6.57. The molecular formula is C46H50ClF3N8O5. The van der Waals surface area contributed by atoms with Gasteiger partial charge in [-0.3, -0.25) is 29.4 Å². The number of hydrogen-bond acceptors (Lipinski definition) is 10. The Bertz CT molecular complexity index is 2520. The fraction of sp³-hybridized carbons (Fsp3) is 0.478. The fourth-order valence-corrected chi connectivity index (χ4v) is 10.6. The number of fused-ring (bicyclic) bond motifs is 1. The number of piperidine rings is 2. The first kappa shape index (κ1) is 44.0. The molecule has 0 spiro atoms.